The third kappa shape index (κ3) is 2.92. The lowest BCUT2D eigenvalue weighted by Gasteiger charge is -2.11. The van der Waals surface area contributed by atoms with E-state index in [4.69, 9.17) is 17.3 Å². The number of aromatic nitrogens is 2. The summed E-state index contributed by atoms with van der Waals surface area (Å²) < 4.78 is 1.79. The molecule has 1 heterocycles. The predicted molar refractivity (Wildman–Crippen MR) is 75.3 cm³/mol. The van der Waals surface area contributed by atoms with Gasteiger partial charge in [0.2, 0.25) is 0 Å². The fourth-order valence-electron chi connectivity index (χ4n) is 1.85. The number of nitrogens with two attached hydrogens (primary N) is 1. The molecule has 0 aliphatic rings. The third-order valence-electron chi connectivity index (χ3n) is 2.99. The summed E-state index contributed by atoms with van der Waals surface area (Å²) in [7, 11) is 0. The second-order valence-electron chi connectivity index (χ2n) is 4.62. The van der Waals surface area contributed by atoms with Crippen LogP contribution in [0.25, 0.3) is 5.69 Å². The molecular formula is C14H18ClN3. The van der Waals surface area contributed by atoms with Gasteiger partial charge in [-0.25, -0.2) is 4.68 Å². The van der Waals surface area contributed by atoms with Crippen molar-refractivity contribution in [3.63, 3.8) is 0 Å². The van der Waals surface area contributed by atoms with Crippen molar-refractivity contribution in [2.45, 2.75) is 32.7 Å². The van der Waals surface area contributed by atoms with Crippen molar-refractivity contribution in [2.24, 2.45) is 5.73 Å². The quantitative estimate of drug-likeness (QED) is 0.921. The van der Waals surface area contributed by atoms with E-state index in [9.17, 15) is 0 Å². The zero-order valence-electron chi connectivity index (χ0n) is 10.7. The molecule has 0 radical (unpaired) electrons. The van der Waals surface area contributed by atoms with Gasteiger partial charge in [0.1, 0.15) is 0 Å². The standard InChI is InChI=1S/C14H18ClN3/c1-3-12(16)6-11-4-5-14(13(15)7-11)18-9-10(2)8-17-18/h4-5,7-9,12H,3,6,16H2,1-2H3. The van der Waals surface area contributed by atoms with Gasteiger partial charge in [0.15, 0.2) is 0 Å². The smallest absolute Gasteiger partial charge is 0.0832 e. The first-order valence-corrected chi connectivity index (χ1v) is 6.53. The summed E-state index contributed by atoms with van der Waals surface area (Å²) in [5.74, 6) is 0. The molecule has 0 fully saturated rings. The molecule has 0 amide bonds. The average molecular weight is 264 g/mol. The highest BCUT2D eigenvalue weighted by molar-refractivity contribution is 6.32. The van der Waals surface area contributed by atoms with Crippen molar-refractivity contribution in [2.75, 3.05) is 0 Å². The second kappa shape index (κ2) is 5.55. The zero-order chi connectivity index (χ0) is 13.1. The van der Waals surface area contributed by atoms with Crippen LogP contribution in [0.4, 0.5) is 0 Å². The lowest BCUT2D eigenvalue weighted by atomic mass is 10.0. The van der Waals surface area contributed by atoms with E-state index in [-0.39, 0.29) is 6.04 Å². The van der Waals surface area contributed by atoms with Crippen LogP contribution in [0.2, 0.25) is 5.02 Å². The van der Waals surface area contributed by atoms with Gasteiger partial charge in [0, 0.05) is 12.2 Å². The molecule has 1 aromatic heterocycles. The molecule has 2 aromatic rings. The zero-order valence-corrected chi connectivity index (χ0v) is 11.5. The van der Waals surface area contributed by atoms with Crippen LogP contribution in [0.1, 0.15) is 24.5 Å². The number of rotatable bonds is 4. The van der Waals surface area contributed by atoms with Gasteiger partial charge >= 0.3 is 0 Å². The van der Waals surface area contributed by atoms with Crippen LogP contribution in [0.5, 0.6) is 0 Å². The maximum atomic E-state index is 6.30. The van der Waals surface area contributed by atoms with E-state index >= 15 is 0 Å². The van der Waals surface area contributed by atoms with Gasteiger partial charge in [-0.3, -0.25) is 0 Å². The molecule has 0 aliphatic heterocycles. The van der Waals surface area contributed by atoms with Crippen molar-refractivity contribution in [1.82, 2.24) is 9.78 Å². The normalized spacial score (nSPS) is 12.7. The van der Waals surface area contributed by atoms with Gasteiger partial charge in [-0.05, 0) is 43.0 Å². The molecule has 0 saturated carbocycles. The molecule has 0 saturated heterocycles. The summed E-state index contributed by atoms with van der Waals surface area (Å²) in [4.78, 5) is 0. The minimum absolute atomic E-state index is 0.193. The van der Waals surface area contributed by atoms with Gasteiger partial charge in [0.25, 0.3) is 0 Å². The Bertz CT molecular complexity index is 534. The molecule has 96 valence electrons. The fourth-order valence-corrected chi connectivity index (χ4v) is 2.14. The molecular weight excluding hydrogens is 246 g/mol. The van der Waals surface area contributed by atoms with Crippen LogP contribution in [-0.2, 0) is 6.42 Å². The van der Waals surface area contributed by atoms with Gasteiger partial charge in [-0.2, -0.15) is 5.10 Å². The Kier molecular flexibility index (Phi) is 4.04. The second-order valence-corrected chi connectivity index (χ2v) is 5.03. The van der Waals surface area contributed by atoms with E-state index in [2.05, 4.69) is 18.1 Å². The summed E-state index contributed by atoms with van der Waals surface area (Å²) in [6, 6.07) is 6.22. The molecule has 0 bridgehead atoms. The van der Waals surface area contributed by atoms with Crippen LogP contribution in [0.15, 0.2) is 30.6 Å². The maximum absolute atomic E-state index is 6.30. The topological polar surface area (TPSA) is 43.8 Å². The van der Waals surface area contributed by atoms with Gasteiger partial charge in [0.05, 0.1) is 16.9 Å². The molecule has 3 nitrogen and oxygen atoms in total. The highest BCUT2D eigenvalue weighted by atomic mass is 35.5. The van der Waals surface area contributed by atoms with Gasteiger partial charge < -0.3 is 5.73 Å². The Hall–Kier alpha value is -1.32. The minimum atomic E-state index is 0.193. The largest absolute Gasteiger partial charge is 0.327 e. The Morgan fingerprint density at radius 3 is 2.78 bits per heavy atom. The number of nitrogens with zero attached hydrogens (tertiary/aromatic N) is 2. The fraction of sp³-hybridized carbons (Fsp3) is 0.357. The van der Waals surface area contributed by atoms with Crippen LogP contribution in [0, 0.1) is 6.92 Å². The molecule has 4 heteroatoms. The van der Waals surface area contributed by atoms with E-state index in [0.29, 0.717) is 5.02 Å². The Balaban J connectivity index is 2.25. The lowest BCUT2D eigenvalue weighted by Crippen LogP contribution is -2.21. The first-order valence-electron chi connectivity index (χ1n) is 6.15. The van der Waals surface area contributed by atoms with E-state index < -0.39 is 0 Å². The van der Waals surface area contributed by atoms with Crippen LogP contribution in [-0.4, -0.2) is 15.8 Å². The third-order valence-corrected chi connectivity index (χ3v) is 3.30. The highest BCUT2D eigenvalue weighted by Gasteiger charge is 2.07. The van der Waals surface area contributed by atoms with E-state index in [1.165, 1.54) is 5.56 Å². The SMILES string of the molecule is CCC(N)Cc1ccc(-n2cc(C)cn2)c(Cl)c1. The van der Waals surface area contributed by atoms with Gasteiger partial charge in [-0.1, -0.05) is 24.6 Å². The monoisotopic (exact) mass is 263 g/mol. The number of aryl methyl sites for hydroxylation is 1. The van der Waals surface area contributed by atoms with Gasteiger partial charge in [-0.15, -0.1) is 0 Å². The molecule has 1 unspecified atom stereocenters. The number of hydrogen-bond acceptors (Lipinski definition) is 2. The predicted octanol–water partition coefficient (Wildman–Crippen LogP) is 3.11. The van der Waals surface area contributed by atoms with E-state index in [0.717, 1.165) is 24.1 Å². The lowest BCUT2D eigenvalue weighted by molar-refractivity contribution is 0.646. The molecule has 1 atom stereocenters. The number of benzene rings is 1. The first-order chi connectivity index (χ1) is 8.60. The molecule has 1 aromatic carbocycles. The van der Waals surface area contributed by atoms with E-state index in [1.54, 1.807) is 4.68 Å². The van der Waals surface area contributed by atoms with Crippen molar-refractivity contribution in [3.05, 3.63) is 46.7 Å². The first kappa shape index (κ1) is 13.1. The summed E-state index contributed by atoms with van der Waals surface area (Å²) in [6.45, 7) is 4.10. The van der Waals surface area contributed by atoms with Crippen molar-refractivity contribution in [1.29, 1.82) is 0 Å². The number of hydrogen-bond donors (Lipinski definition) is 1. The Labute approximate surface area is 113 Å². The minimum Gasteiger partial charge on any atom is -0.327 e. The Morgan fingerprint density at radius 2 is 2.22 bits per heavy atom. The maximum Gasteiger partial charge on any atom is 0.0832 e. The molecule has 2 N–H and O–H groups in total. The van der Waals surface area contributed by atoms with Crippen molar-refractivity contribution < 1.29 is 0 Å². The van der Waals surface area contributed by atoms with Crippen LogP contribution < -0.4 is 5.73 Å². The molecule has 0 spiro atoms. The summed E-state index contributed by atoms with van der Waals surface area (Å²) in [5.41, 5.74) is 9.13. The van der Waals surface area contributed by atoms with E-state index in [1.807, 2.05) is 31.5 Å². The summed E-state index contributed by atoms with van der Waals surface area (Å²) >= 11 is 6.30. The Morgan fingerprint density at radius 1 is 1.44 bits per heavy atom. The molecule has 18 heavy (non-hydrogen) atoms. The van der Waals surface area contributed by atoms with Crippen molar-refractivity contribution >= 4 is 11.6 Å². The summed E-state index contributed by atoms with van der Waals surface area (Å²) in [5, 5.41) is 4.97. The highest BCUT2D eigenvalue weighted by Crippen LogP contribution is 2.22. The average Bonchev–Trinajstić information content (AvgIpc) is 2.75. The van der Waals surface area contributed by atoms with Crippen molar-refractivity contribution in [3.8, 4) is 5.69 Å². The molecule has 0 aliphatic carbocycles. The van der Waals surface area contributed by atoms with Crippen LogP contribution in [0.3, 0.4) is 0 Å². The number of halogens is 1. The molecule has 2 rings (SSSR count). The summed E-state index contributed by atoms with van der Waals surface area (Å²) in [6.07, 6.45) is 5.60. The van der Waals surface area contributed by atoms with Crippen LogP contribution >= 0.6 is 11.6 Å².